The highest BCUT2D eigenvalue weighted by Gasteiger charge is 2.11. The molecule has 0 aliphatic rings. The Morgan fingerprint density at radius 2 is 1.62 bits per heavy atom. The van der Waals surface area contributed by atoms with E-state index in [-0.39, 0.29) is 0 Å². The van der Waals surface area contributed by atoms with Crippen molar-refractivity contribution in [3.05, 3.63) is 34.9 Å². The van der Waals surface area contributed by atoms with Gasteiger partial charge in [0.25, 0.3) is 0 Å². The van der Waals surface area contributed by atoms with Crippen molar-refractivity contribution in [3.8, 4) is 0 Å². The number of rotatable bonds is 2. The number of aryl methyl sites for hydroxylation is 2. The van der Waals surface area contributed by atoms with Crippen LogP contribution < -0.4 is 0 Å². The van der Waals surface area contributed by atoms with Gasteiger partial charge in [-0.2, -0.15) is 0 Å². The molecule has 0 aromatic heterocycles. The molecule has 1 aromatic rings. The Labute approximate surface area is 82.0 Å². The topological polar surface area (TPSA) is 0 Å². The molecule has 0 saturated carbocycles. The van der Waals surface area contributed by atoms with Crippen molar-refractivity contribution in [2.75, 3.05) is 0 Å². The van der Waals surface area contributed by atoms with E-state index < -0.39 is 0 Å². The molecule has 0 saturated heterocycles. The van der Waals surface area contributed by atoms with Crippen molar-refractivity contribution >= 4 is 0 Å². The van der Waals surface area contributed by atoms with Gasteiger partial charge in [-0.15, -0.1) is 0 Å². The average molecular weight is 176 g/mol. The summed E-state index contributed by atoms with van der Waals surface area (Å²) in [5, 5.41) is 0. The van der Waals surface area contributed by atoms with Crippen molar-refractivity contribution in [1.29, 1.82) is 0 Å². The molecular formula is C13H20. The second kappa shape index (κ2) is 3.95. The molecular weight excluding hydrogens is 156 g/mol. The molecule has 0 radical (unpaired) electrons. The maximum absolute atomic E-state index is 2.32. The first-order valence-corrected chi connectivity index (χ1v) is 5.09. The molecule has 1 atom stereocenters. The molecule has 1 unspecified atom stereocenters. The zero-order valence-electron chi connectivity index (χ0n) is 9.39. The van der Waals surface area contributed by atoms with Crippen LogP contribution in [0.2, 0.25) is 0 Å². The van der Waals surface area contributed by atoms with E-state index in [2.05, 4.69) is 52.8 Å². The Balaban J connectivity index is 3.05. The monoisotopic (exact) mass is 176 g/mol. The Morgan fingerprint density at radius 1 is 1.00 bits per heavy atom. The minimum absolute atomic E-state index is 0.667. The Morgan fingerprint density at radius 3 is 2.15 bits per heavy atom. The molecule has 13 heavy (non-hydrogen) atoms. The van der Waals surface area contributed by atoms with E-state index in [1.165, 1.54) is 16.7 Å². The van der Waals surface area contributed by atoms with Gasteiger partial charge >= 0.3 is 0 Å². The maximum Gasteiger partial charge on any atom is -0.0165 e. The van der Waals surface area contributed by atoms with E-state index in [0.29, 0.717) is 5.92 Å². The van der Waals surface area contributed by atoms with E-state index in [0.717, 1.165) is 5.92 Å². The third kappa shape index (κ3) is 2.33. The number of hydrogen-bond acceptors (Lipinski definition) is 0. The molecule has 0 aliphatic carbocycles. The zero-order valence-corrected chi connectivity index (χ0v) is 9.39. The highest BCUT2D eigenvalue weighted by molar-refractivity contribution is 5.33. The van der Waals surface area contributed by atoms with E-state index in [1.807, 2.05) is 0 Å². The Hall–Kier alpha value is -0.780. The number of hydrogen-bond donors (Lipinski definition) is 0. The Bertz CT molecular complexity index is 284. The lowest BCUT2D eigenvalue weighted by molar-refractivity contribution is 0.532. The predicted octanol–water partition coefficient (Wildman–Crippen LogP) is 4.06. The molecule has 0 heteroatoms. The largest absolute Gasteiger partial charge is 0.0622 e. The first-order valence-electron chi connectivity index (χ1n) is 5.09. The van der Waals surface area contributed by atoms with Crippen LogP contribution in [0.25, 0.3) is 0 Å². The fourth-order valence-corrected chi connectivity index (χ4v) is 1.61. The molecule has 1 rings (SSSR count). The van der Waals surface area contributed by atoms with Crippen LogP contribution in [0.15, 0.2) is 18.2 Å². The number of benzene rings is 1. The van der Waals surface area contributed by atoms with E-state index in [4.69, 9.17) is 0 Å². The van der Waals surface area contributed by atoms with Crippen molar-refractivity contribution in [3.63, 3.8) is 0 Å². The lowest BCUT2D eigenvalue weighted by Gasteiger charge is -2.18. The van der Waals surface area contributed by atoms with Crippen molar-refractivity contribution in [1.82, 2.24) is 0 Å². The first kappa shape index (κ1) is 10.3. The van der Waals surface area contributed by atoms with Gasteiger partial charge in [0.15, 0.2) is 0 Å². The third-order valence-electron chi connectivity index (χ3n) is 2.93. The van der Waals surface area contributed by atoms with Gasteiger partial charge in [0.1, 0.15) is 0 Å². The van der Waals surface area contributed by atoms with Gasteiger partial charge in [-0.3, -0.25) is 0 Å². The average Bonchev–Trinajstić information content (AvgIpc) is 2.08. The van der Waals surface area contributed by atoms with Crippen LogP contribution in [-0.4, -0.2) is 0 Å². The summed E-state index contributed by atoms with van der Waals surface area (Å²) in [6, 6.07) is 6.73. The second-order valence-corrected chi connectivity index (χ2v) is 4.39. The summed E-state index contributed by atoms with van der Waals surface area (Å²) in [6.07, 6.45) is 0. The van der Waals surface area contributed by atoms with Gasteiger partial charge in [0.05, 0.1) is 0 Å². The predicted molar refractivity (Wildman–Crippen MR) is 59.2 cm³/mol. The summed E-state index contributed by atoms with van der Waals surface area (Å²) in [7, 11) is 0. The fourth-order valence-electron chi connectivity index (χ4n) is 1.61. The highest BCUT2D eigenvalue weighted by atomic mass is 14.2. The summed E-state index contributed by atoms with van der Waals surface area (Å²) in [5.41, 5.74) is 4.30. The van der Waals surface area contributed by atoms with Gasteiger partial charge in [0, 0.05) is 0 Å². The van der Waals surface area contributed by atoms with Crippen LogP contribution >= 0.6 is 0 Å². The summed E-state index contributed by atoms with van der Waals surface area (Å²) in [4.78, 5) is 0. The van der Waals surface area contributed by atoms with Gasteiger partial charge in [0.2, 0.25) is 0 Å². The first-order chi connectivity index (χ1) is 6.02. The molecule has 0 aliphatic heterocycles. The van der Waals surface area contributed by atoms with Crippen LogP contribution in [0.5, 0.6) is 0 Å². The van der Waals surface area contributed by atoms with Crippen LogP contribution in [0.1, 0.15) is 43.4 Å². The van der Waals surface area contributed by atoms with Gasteiger partial charge in [-0.1, -0.05) is 44.5 Å². The lowest BCUT2D eigenvalue weighted by Crippen LogP contribution is -2.04. The van der Waals surface area contributed by atoms with Crippen molar-refractivity contribution in [2.24, 2.45) is 5.92 Å². The van der Waals surface area contributed by atoms with Crippen LogP contribution in [0.3, 0.4) is 0 Å². The molecule has 72 valence electrons. The SMILES string of the molecule is Cc1ccc(C)c(C(C)C(C)C)c1. The molecule has 1 aromatic carbocycles. The third-order valence-corrected chi connectivity index (χ3v) is 2.93. The van der Waals surface area contributed by atoms with Gasteiger partial charge < -0.3 is 0 Å². The lowest BCUT2D eigenvalue weighted by atomic mass is 9.87. The van der Waals surface area contributed by atoms with Crippen LogP contribution in [0.4, 0.5) is 0 Å². The van der Waals surface area contributed by atoms with Crippen molar-refractivity contribution < 1.29 is 0 Å². The molecule has 0 spiro atoms. The van der Waals surface area contributed by atoms with Gasteiger partial charge in [-0.25, -0.2) is 0 Å². The van der Waals surface area contributed by atoms with E-state index >= 15 is 0 Å². The standard InChI is InChI=1S/C13H20/c1-9(2)12(5)13-8-10(3)6-7-11(13)4/h6-9,12H,1-5H3. The quantitative estimate of drug-likeness (QED) is 0.637. The fraction of sp³-hybridized carbons (Fsp3) is 0.538. The minimum atomic E-state index is 0.667. The Kier molecular flexibility index (Phi) is 3.13. The summed E-state index contributed by atoms with van der Waals surface area (Å²) in [5.74, 6) is 1.39. The smallest absolute Gasteiger partial charge is 0.0165 e. The summed E-state index contributed by atoms with van der Waals surface area (Å²) < 4.78 is 0. The molecule has 0 fully saturated rings. The van der Waals surface area contributed by atoms with Gasteiger partial charge in [-0.05, 0) is 36.8 Å². The molecule has 0 amide bonds. The second-order valence-electron chi connectivity index (χ2n) is 4.39. The van der Waals surface area contributed by atoms with E-state index in [9.17, 15) is 0 Å². The maximum atomic E-state index is 2.32. The highest BCUT2D eigenvalue weighted by Crippen LogP contribution is 2.26. The molecule has 0 bridgehead atoms. The minimum Gasteiger partial charge on any atom is -0.0622 e. The summed E-state index contributed by atoms with van der Waals surface area (Å²) in [6.45, 7) is 11.2. The van der Waals surface area contributed by atoms with Crippen LogP contribution in [0, 0.1) is 19.8 Å². The molecule has 0 heterocycles. The summed E-state index contributed by atoms with van der Waals surface area (Å²) >= 11 is 0. The molecule has 0 N–H and O–H groups in total. The molecule has 0 nitrogen and oxygen atoms in total. The van der Waals surface area contributed by atoms with Crippen LogP contribution in [-0.2, 0) is 0 Å². The van der Waals surface area contributed by atoms with Crippen molar-refractivity contribution in [2.45, 2.75) is 40.5 Å². The zero-order chi connectivity index (χ0) is 10.0. The normalized spacial score (nSPS) is 13.4. The van der Waals surface area contributed by atoms with E-state index in [1.54, 1.807) is 0 Å².